The Labute approximate surface area is 119 Å². The van der Waals surface area contributed by atoms with Gasteiger partial charge >= 0.3 is 12.0 Å². The van der Waals surface area contributed by atoms with Crippen molar-refractivity contribution in [2.45, 2.75) is 38.2 Å². The lowest BCUT2D eigenvalue weighted by atomic mass is 9.82. The predicted molar refractivity (Wildman–Crippen MR) is 73.3 cm³/mol. The van der Waals surface area contributed by atoms with E-state index < -0.39 is 5.97 Å². The molecule has 2 fully saturated rings. The lowest BCUT2D eigenvalue weighted by Gasteiger charge is -2.38. The third-order valence-electron chi connectivity index (χ3n) is 4.32. The van der Waals surface area contributed by atoms with E-state index >= 15 is 0 Å². The number of aliphatic hydroxyl groups is 1. The largest absolute Gasteiger partial charge is 0.481 e. The predicted octanol–water partition coefficient (Wildman–Crippen LogP) is 0.996. The summed E-state index contributed by atoms with van der Waals surface area (Å²) in [4.78, 5) is 26.6. The fourth-order valence-electron chi connectivity index (χ4n) is 3.21. The first-order valence-electron chi connectivity index (χ1n) is 7.35. The summed E-state index contributed by atoms with van der Waals surface area (Å²) in [5.74, 6) is -0.316. The van der Waals surface area contributed by atoms with E-state index in [1.807, 2.05) is 0 Å². The minimum absolute atomic E-state index is 0.0125. The van der Waals surface area contributed by atoms with Crippen molar-refractivity contribution in [2.24, 2.45) is 11.8 Å². The van der Waals surface area contributed by atoms with Crippen LogP contribution in [0.15, 0.2) is 0 Å². The molecule has 1 atom stereocenters. The van der Waals surface area contributed by atoms with Crippen molar-refractivity contribution in [2.75, 3.05) is 26.7 Å². The molecule has 2 N–H and O–H groups in total. The Hall–Kier alpha value is -1.30. The molecule has 0 aromatic rings. The number of aliphatic hydroxyl groups excluding tert-OH is 1. The molecule has 0 radical (unpaired) electrons. The number of urea groups is 1. The Balaban J connectivity index is 1.79. The molecule has 1 unspecified atom stereocenters. The molecular formula is C14H24N2O4. The number of amides is 2. The van der Waals surface area contributed by atoms with E-state index in [2.05, 4.69) is 0 Å². The maximum Gasteiger partial charge on any atom is 0.319 e. The highest BCUT2D eigenvalue weighted by atomic mass is 16.4. The van der Waals surface area contributed by atoms with Crippen molar-refractivity contribution in [1.82, 2.24) is 9.80 Å². The van der Waals surface area contributed by atoms with Gasteiger partial charge < -0.3 is 20.0 Å². The number of carbonyl (C=O) groups is 2. The van der Waals surface area contributed by atoms with Gasteiger partial charge in [0.2, 0.25) is 0 Å². The molecule has 20 heavy (non-hydrogen) atoms. The summed E-state index contributed by atoms with van der Waals surface area (Å²) in [7, 11) is 1.79. The van der Waals surface area contributed by atoms with E-state index in [4.69, 9.17) is 5.11 Å². The van der Waals surface area contributed by atoms with Crippen molar-refractivity contribution in [3.63, 3.8) is 0 Å². The van der Waals surface area contributed by atoms with E-state index in [1.165, 1.54) is 0 Å². The second-order valence-electron chi connectivity index (χ2n) is 6.21. The summed E-state index contributed by atoms with van der Waals surface area (Å²) in [5, 5.41) is 18.1. The van der Waals surface area contributed by atoms with Gasteiger partial charge in [-0.3, -0.25) is 4.79 Å². The number of carboxylic acid groups (broad SMARTS) is 1. The van der Waals surface area contributed by atoms with Crippen LogP contribution in [0.2, 0.25) is 0 Å². The minimum atomic E-state index is -0.791. The number of hydrogen-bond acceptors (Lipinski definition) is 3. The summed E-state index contributed by atoms with van der Waals surface area (Å²) in [5.41, 5.74) is 0. The first kappa shape index (κ1) is 15.1. The van der Waals surface area contributed by atoms with Gasteiger partial charge in [0.05, 0.1) is 6.10 Å². The summed E-state index contributed by atoms with van der Waals surface area (Å²) in [6, 6.07) is -0.0125. The lowest BCUT2D eigenvalue weighted by molar-refractivity contribution is -0.138. The van der Waals surface area contributed by atoms with Gasteiger partial charge in [-0.05, 0) is 37.5 Å². The fourth-order valence-corrected chi connectivity index (χ4v) is 3.21. The summed E-state index contributed by atoms with van der Waals surface area (Å²) in [6.45, 7) is 1.94. The number of rotatable bonds is 4. The maximum absolute atomic E-state index is 12.3. The highest BCUT2D eigenvalue weighted by Gasteiger charge is 2.31. The van der Waals surface area contributed by atoms with Crippen molar-refractivity contribution in [3.05, 3.63) is 0 Å². The van der Waals surface area contributed by atoms with Crippen LogP contribution in [0, 0.1) is 11.8 Å². The molecule has 1 aliphatic heterocycles. The van der Waals surface area contributed by atoms with Gasteiger partial charge in [0, 0.05) is 33.1 Å². The number of piperidine rings is 1. The average molecular weight is 284 g/mol. The number of nitrogens with zero attached hydrogens (tertiary/aromatic N) is 2. The summed E-state index contributed by atoms with van der Waals surface area (Å²) in [6.07, 6.45) is 3.26. The van der Waals surface area contributed by atoms with Crippen LogP contribution in [0.25, 0.3) is 0 Å². The Morgan fingerprint density at radius 3 is 2.60 bits per heavy atom. The maximum atomic E-state index is 12.3. The van der Waals surface area contributed by atoms with Crippen LogP contribution in [0.4, 0.5) is 4.79 Å². The average Bonchev–Trinajstić information content (AvgIpc) is 2.35. The molecule has 1 aliphatic carbocycles. The van der Waals surface area contributed by atoms with E-state index in [9.17, 15) is 14.7 Å². The number of hydrogen-bond donors (Lipinski definition) is 2. The number of carbonyl (C=O) groups excluding carboxylic acids is 1. The van der Waals surface area contributed by atoms with Crippen LogP contribution in [0.1, 0.15) is 32.1 Å². The zero-order valence-corrected chi connectivity index (χ0v) is 12.0. The van der Waals surface area contributed by atoms with Crippen LogP contribution in [-0.4, -0.2) is 64.8 Å². The molecule has 0 spiro atoms. The first-order valence-corrected chi connectivity index (χ1v) is 7.35. The van der Waals surface area contributed by atoms with E-state index in [1.54, 1.807) is 16.8 Å². The van der Waals surface area contributed by atoms with Crippen LogP contribution in [0.3, 0.4) is 0 Å². The number of aliphatic carboxylic acids is 1. The topological polar surface area (TPSA) is 81.1 Å². The Kier molecular flexibility index (Phi) is 4.86. The Morgan fingerprint density at radius 2 is 2.00 bits per heavy atom. The smallest absolute Gasteiger partial charge is 0.319 e. The molecule has 0 bridgehead atoms. The first-order chi connectivity index (χ1) is 9.45. The van der Waals surface area contributed by atoms with Gasteiger partial charge in [-0.2, -0.15) is 0 Å². The van der Waals surface area contributed by atoms with E-state index in [0.717, 1.165) is 25.7 Å². The third-order valence-corrected chi connectivity index (χ3v) is 4.32. The van der Waals surface area contributed by atoms with E-state index in [-0.39, 0.29) is 24.5 Å². The second-order valence-corrected chi connectivity index (χ2v) is 6.21. The number of carboxylic acids is 1. The molecule has 1 heterocycles. The minimum Gasteiger partial charge on any atom is -0.481 e. The molecule has 114 valence electrons. The molecule has 6 nitrogen and oxygen atoms in total. The molecule has 0 aromatic heterocycles. The molecule has 6 heteroatoms. The van der Waals surface area contributed by atoms with Gasteiger partial charge in [0.15, 0.2) is 0 Å². The zero-order valence-electron chi connectivity index (χ0n) is 12.0. The van der Waals surface area contributed by atoms with E-state index in [0.29, 0.717) is 25.6 Å². The molecule has 2 aliphatic rings. The molecule has 2 rings (SSSR count). The summed E-state index contributed by atoms with van der Waals surface area (Å²) >= 11 is 0. The molecular weight excluding hydrogens is 260 g/mol. The Morgan fingerprint density at radius 1 is 1.30 bits per heavy atom. The van der Waals surface area contributed by atoms with Gasteiger partial charge in [-0.25, -0.2) is 4.79 Å². The van der Waals surface area contributed by atoms with Crippen LogP contribution in [0.5, 0.6) is 0 Å². The SMILES string of the molecule is CN(CC1CC(O)C1)C(=O)N1CCCC(CC(=O)O)C1. The fraction of sp³-hybridized carbons (Fsp3) is 0.857. The lowest BCUT2D eigenvalue weighted by Crippen LogP contribution is -2.49. The quantitative estimate of drug-likeness (QED) is 0.807. The Bertz CT molecular complexity index is 368. The van der Waals surface area contributed by atoms with Crippen molar-refractivity contribution >= 4 is 12.0 Å². The highest BCUT2D eigenvalue weighted by Crippen LogP contribution is 2.28. The van der Waals surface area contributed by atoms with Crippen LogP contribution < -0.4 is 0 Å². The molecule has 0 aromatic carbocycles. The number of likely N-dealkylation sites (tertiary alicyclic amines) is 1. The second kappa shape index (κ2) is 6.43. The van der Waals surface area contributed by atoms with Gasteiger partial charge in [-0.1, -0.05) is 0 Å². The van der Waals surface area contributed by atoms with Crippen molar-refractivity contribution in [1.29, 1.82) is 0 Å². The normalized spacial score (nSPS) is 29.7. The monoisotopic (exact) mass is 284 g/mol. The third kappa shape index (κ3) is 3.85. The highest BCUT2D eigenvalue weighted by molar-refractivity contribution is 5.74. The standard InChI is InChI=1S/C14H24N2O4/c1-15(8-11-5-12(17)6-11)14(20)16-4-2-3-10(9-16)7-13(18)19/h10-12,17H,2-9H2,1H3,(H,18,19). The zero-order chi connectivity index (χ0) is 14.7. The van der Waals surface area contributed by atoms with Crippen LogP contribution >= 0.6 is 0 Å². The van der Waals surface area contributed by atoms with Crippen molar-refractivity contribution < 1.29 is 19.8 Å². The molecule has 1 saturated heterocycles. The molecule has 1 saturated carbocycles. The summed E-state index contributed by atoms with van der Waals surface area (Å²) < 4.78 is 0. The molecule has 2 amide bonds. The van der Waals surface area contributed by atoms with Crippen LogP contribution in [-0.2, 0) is 4.79 Å². The van der Waals surface area contributed by atoms with Crippen molar-refractivity contribution in [3.8, 4) is 0 Å². The van der Waals surface area contributed by atoms with Gasteiger partial charge in [0.1, 0.15) is 0 Å². The van der Waals surface area contributed by atoms with Gasteiger partial charge in [0.25, 0.3) is 0 Å². The van der Waals surface area contributed by atoms with Gasteiger partial charge in [-0.15, -0.1) is 0 Å².